The van der Waals surface area contributed by atoms with E-state index in [2.05, 4.69) is 15.3 Å². The molecule has 0 fully saturated rings. The Labute approximate surface area is 186 Å². The molecule has 0 atom stereocenters. The maximum atomic E-state index is 12.9. The van der Waals surface area contributed by atoms with E-state index in [1.165, 1.54) is 48.0 Å². The van der Waals surface area contributed by atoms with Crippen LogP contribution in [0.2, 0.25) is 0 Å². The molecule has 1 amide bonds. The molecule has 0 saturated carbocycles. The Kier molecular flexibility index (Phi) is 5.96. The average molecular weight is 445 g/mol. The van der Waals surface area contributed by atoms with Crippen LogP contribution < -0.4 is 9.62 Å². The highest BCUT2D eigenvalue weighted by molar-refractivity contribution is 7.92. The van der Waals surface area contributed by atoms with Crippen LogP contribution in [-0.2, 0) is 10.0 Å². The summed E-state index contributed by atoms with van der Waals surface area (Å²) in [6, 6.07) is 24.1. The number of nitrogens with one attached hydrogen (secondary N) is 1. The van der Waals surface area contributed by atoms with Crippen molar-refractivity contribution < 1.29 is 13.2 Å². The van der Waals surface area contributed by atoms with Crippen molar-refractivity contribution in [1.29, 1.82) is 0 Å². The lowest BCUT2D eigenvalue weighted by Gasteiger charge is -2.19. The second kappa shape index (κ2) is 8.99. The van der Waals surface area contributed by atoms with Gasteiger partial charge in [0.25, 0.3) is 15.9 Å². The fourth-order valence-corrected chi connectivity index (χ4v) is 4.24. The molecule has 7 nitrogen and oxygen atoms in total. The molecular formula is C24H20N4O3S. The molecule has 4 rings (SSSR count). The summed E-state index contributed by atoms with van der Waals surface area (Å²) in [6.07, 6.45) is 3.06. The van der Waals surface area contributed by atoms with E-state index in [1.54, 1.807) is 24.3 Å². The largest absolute Gasteiger partial charge is 0.319 e. The van der Waals surface area contributed by atoms with E-state index in [9.17, 15) is 13.2 Å². The van der Waals surface area contributed by atoms with Crippen molar-refractivity contribution >= 4 is 27.3 Å². The third-order valence-electron chi connectivity index (χ3n) is 4.84. The van der Waals surface area contributed by atoms with Gasteiger partial charge in [-0.2, -0.15) is 0 Å². The van der Waals surface area contributed by atoms with Crippen molar-refractivity contribution in [2.75, 3.05) is 16.7 Å². The first-order valence-electron chi connectivity index (χ1n) is 9.78. The molecule has 0 aliphatic carbocycles. The third-order valence-corrected chi connectivity index (χ3v) is 6.64. The molecule has 0 unspecified atom stereocenters. The van der Waals surface area contributed by atoms with E-state index in [-0.39, 0.29) is 10.8 Å². The van der Waals surface area contributed by atoms with Crippen LogP contribution in [0.3, 0.4) is 0 Å². The molecule has 8 heteroatoms. The number of carbonyl (C=O) groups excluding carboxylic acids is 1. The van der Waals surface area contributed by atoms with Crippen LogP contribution in [0, 0.1) is 0 Å². The molecule has 0 radical (unpaired) electrons. The quantitative estimate of drug-likeness (QED) is 0.481. The summed E-state index contributed by atoms with van der Waals surface area (Å²) in [5.41, 5.74) is 2.18. The van der Waals surface area contributed by atoms with E-state index in [0.717, 1.165) is 5.56 Å². The number of hydrogen-bond donors (Lipinski definition) is 1. The van der Waals surface area contributed by atoms with Gasteiger partial charge in [-0.05, 0) is 36.4 Å². The molecular weight excluding hydrogens is 424 g/mol. The lowest BCUT2D eigenvalue weighted by Crippen LogP contribution is -2.26. The predicted molar refractivity (Wildman–Crippen MR) is 124 cm³/mol. The van der Waals surface area contributed by atoms with Gasteiger partial charge in [-0.15, -0.1) is 0 Å². The highest BCUT2D eigenvalue weighted by atomic mass is 32.2. The number of sulfonamides is 1. The number of para-hydroxylation sites is 1. The van der Waals surface area contributed by atoms with Gasteiger partial charge in [-0.1, -0.05) is 48.5 Å². The number of rotatable bonds is 6. The van der Waals surface area contributed by atoms with E-state index in [1.807, 2.05) is 36.4 Å². The molecule has 1 aromatic heterocycles. The molecule has 32 heavy (non-hydrogen) atoms. The van der Waals surface area contributed by atoms with Crippen molar-refractivity contribution in [3.63, 3.8) is 0 Å². The number of anilines is 2. The second-order valence-electron chi connectivity index (χ2n) is 6.95. The standard InChI is InChI=1S/C24H20N4O3S/c1-28(21-10-6-3-7-11-21)32(30,31)22-14-12-19(13-15-22)24(29)27-20-16-25-23(26-17-20)18-8-4-2-5-9-18/h2-17H,1H3,(H,27,29). The Balaban J connectivity index is 1.46. The van der Waals surface area contributed by atoms with Gasteiger partial charge >= 0.3 is 0 Å². The zero-order chi connectivity index (χ0) is 22.6. The number of hydrogen-bond acceptors (Lipinski definition) is 5. The Morgan fingerprint density at radius 3 is 1.97 bits per heavy atom. The van der Waals surface area contributed by atoms with E-state index in [0.29, 0.717) is 22.8 Å². The molecule has 1 heterocycles. The summed E-state index contributed by atoms with van der Waals surface area (Å²) < 4.78 is 26.9. The van der Waals surface area contributed by atoms with Gasteiger partial charge < -0.3 is 5.32 Å². The summed E-state index contributed by atoms with van der Waals surface area (Å²) in [4.78, 5) is 21.2. The van der Waals surface area contributed by atoms with Crippen molar-refractivity contribution in [2.24, 2.45) is 0 Å². The summed E-state index contributed by atoms with van der Waals surface area (Å²) in [5, 5.41) is 2.72. The maximum Gasteiger partial charge on any atom is 0.264 e. The zero-order valence-electron chi connectivity index (χ0n) is 17.2. The smallest absolute Gasteiger partial charge is 0.264 e. The number of aromatic nitrogens is 2. The lowest BCUT2D eigenvalue weighted by atomic mass is 10.2. The van der Waals surface area contributed by atoms with Gasteiger partial charge in [0.1, 0.15) is 0 Å². The van der Waals surface area contributed by atoms with Crippen molar-refractivity contribution in [3.05, 3.63) is 103 Å². The van der Waals surface area contributed by atoms with Gasteiger partial charge in [0.2, 0.25) is 0 Å². The number of amides is 1. The maximum absolute atomic E-state index is 12.9. The normalized spacial score (nSPS) is 11.0. The summed E-state index contributed by atoms with van der Waals surface area (Å²) in [5.74, 6) is 0.169. The Morgan fingerprint density at radius 1 is 0.812 bits per heavy atom. The summed E-state index contributed by atoms with van der Waals surface area (Å²) >= 11 is 0. The summed E-state index contributed by atoms with van der Waals surface area (Å²) in [7, 11) is -2.25. The second-order valence-corrected chi connectivity index (χ2v) is 8.92. The van der Waals surface area contributed by atoms with Gasteiger partial charge in [0.05, 0.1) is 28.7 Å². The molecule has 1 N–H and O–H groups in total. The Bertz CT molecular complexity index is 1310. The highest BCUT2D eigenvalue weighted by Gasteiger charge is 2.21. The first-order valence-corrected chi connectivity index (χ1v) is 11.2. The predicted octanol–water partition coefficient (Wildman–Crippen LogP) is 4.22. The summed E-state index contributed by atoms with van der Waals surface area (Å²) in [6.45, 7) is 0. The minimum Gasteiger partial charge on any atom is -0.319 e. The Hall–Kier alpha value is -4.04. The van der Waals surface area contributed by atoms with Crippen LogP contribution in [0.5, 0.6) is 0 Å². The fraction of sp³-hybridized carbons (Fsp3) is 0.0417. The number of carbonyl (C=O) groups is 1. The average Bonchev–Trinajstić information content (AvgIpc) is 2.85. The molecule has 0 aliphatic heterocycles. The van der Waals surface area contributed by atoms with E-state index >= 15 is 0 Å². The van der Waals surface area contributed by atoms with Crippen LogP contribution in [-0.4, -0.2) is 31.3 Å². The SMILES string of the molecule is CN(c1ccccc1)S(=O)(=O)c1ccc(C(=O)Nc2cnc(-c3ccccc3)nc2)cc1. The molecule has 0 spiro atoms. The van der Waals surface area contributed by atoms with Crippen LogP contribution in [0.4, 0.5) is 11.4 Å². The van der Waals surface area contributed by atoms with Crippen LogP contribution >= 0.6 is 0 Å². The number of nitrogens with zero attached hydrogens (tertiary/aromatic N) is 3. The molecule has 0 saturated heterocycles. The topological polar surface area (TPSA) is 92.3 Å². The van der Waals surface area contributed by atoms with Crippen molar-refractivity contribution in [2.45, 2.75) is 4.90 Å². The monoisotopic (exact) mass is 444 g/mol. The molecule has 4 aromatic rings. The first kappa shape index (κ1) is 21.2. The molecule has 0 aliphatic rings. The first-order chi connectivity index (χ1) is 15.4. The molecule has 3 aromatic carbocycles. The fourth-order valence-electron chi connectivity index (χ4n) is 3.05. The number of benzene rings is 3. The zero-order valence-corrected chi connectivity index (χ0v) is 18.0. The van der Waals surface area contributed by atoms with Gasteiger partial charge in [-0.25, -0.2) is 18.4 Å². The van der Waals surface area contributed by atoms with Gasteiger partial charge in [-0.3, -0.25) is 9.10 Å². The van der Waals surface area contributed by atoms with Crippen LogP contribution in [0.15, 0.2) is 102 Å². The van der Waals surface area contributed by atoms with Gasteiger partial charge in [0.15, 0.2) is 5.82 Å². The van der Waals surface area contributed by atoms with E-state index < -0.39 is 10.0 Å². The third kappa shape index (κ3) is 4.50. The van der Waals surface area contributed by atoms with Crippen LogP contribution in [0.1, 0.15) is 10.4 Å². The minimum absolute atomic E-state index is 0.0935. The van der Waals surface area contributed by atoms with Gasteiger partial charge in [0, 0.05) is 18.2 Å². The van der Waals surface area contributed by atoms with E-state index in [4.69, 9.17) is 0 Å². The van der Waals surface area contributed by atoms with Crippen molar-refractivity contribution in [1.82, 2.24) is 9.97 Å². The molecule has 160 valence electrons. The Morgan fingerprint density at radius 2 is 1.38 bits per heavy atom. The lowest BCUT2D eigenvalue weighted by molar-refractivity contribution is 0.102. The molecule has 0 bridgehead atoms. The van der Waals surface area contributed by atoms with Crippen molar-refractivity contribution in [3.8, 4) is 11.4 Å². The van der Waals surface area contributed by atoms with Crippen LogP contribution in [0.25, 0.3) is 11.4 Å². The highest BCUT2D eigenvalue weighted by Crippen LogP contribution is 2.22. The minimum atomic E-state index is -3.74.